The van der Waals surface area contributed by atoms with Crippen molar-refractivity contribution in [1.82, 2.24) is 9.55 Å². The van der Waals surface area contributed by atoms with Crippen molar-refractivity contribution >= 4 is 28.2 Å². The number of hydrogen-bond acceptors (Lipinski definition) is 4. The summed E-state index contributed by atoms with van der Waals surface area (Å²) in [6.07, 6.45) is 5.23. The van der Waals surface area contributed by atoms with E-state index in [1.807, 2.05) is 67.5 Å². The van der Waals surface area contributed by atoms with Crippen molar-refractivity contribution in [3.63, 3.8) is 0 Å². The summed E-state index contributed by atoms with van der Waals surface area (Å²) in [6, 6.07) is 15.3. The molecule has 0 unspecified atom stereocenters. The fraction of sp³-hybridized carbons (Fsp3) is 0.375. The van der Waals surface area contributed by atoms with Crippen LogP contribution in [-0.4, -0.2) is 29.6 Å². The molecule has 30 heavy (non-hydrogen) atoms. The van der Waals surface area contributed by atoms with Gasteiger partial charge >= 0.3 is 0 Å². The highest BCUT2D eigenvalue weighted by molar-refractivity contribution is 5.92. The van der Waals surface area contributed by atoms with Crippen LogP contribution in [0.1, 0.15) is 25.7 Å². The van der Waals surface area contributed by atoms with E-state index < -0.39 is 0 Å². The molecule has 1 amide bonds. The fourth-order valence-corrected chi connectivity index (χ4v) is 4.21. The molecule has 0 radical (unpaired) electrons. The molecule has 2 aromatic carbocycles. The third-order valence-corrected chi connectivity index (χ3v) is 6.06. The second kappa shape index (κ2) is 8.69. The zero-order valence-corrected chi connectivity index (χ0v) is 17.5. The van der Waals surface area contributed by atoms with Gasteiger partial charge in [0, 0.05) is 37.9 Å². The highest BCUT2D eigenvalue weighted by Crippen LogP contribution is 2.30. The summed E-state index contributed by atoms with van der Waals surface area (Å²) in [7, 11) is 3.99. The first kappa shape index (κ1) is 20.1. The predicted octanol–water partition coefficient (Wildman–Crippen LogP) is 3.91. The summed E-state index contributed by atoms with van der Waals surface area (Å²) in [5.41, 5.74) is 2.69. The SMILES string of the molecule is CN(C)c1ccc(NC(=O)C2CCC(Cn3cnc4ccccc4c3=O)CC2)cc1. The third kappa shape index (κ3) is 4.37. The predicted molar refractivity (Wildman–Crippen MR) is 121 cm³/mol. The maximum absolute atomic E-state index is 12.7. The van der Waals surface area contributed by atoms with Gasteiger partial charge in [-0.1, -0.05) is 12.1 Å². The van der Waals surface area contributed by atoms with Gasteiger partial charge < -0.3 is 10.2 Å². The topological polar surface area (TPSA) is 67.2 Å². The first-order valence-corrected chi connectivity index (χ1v) is 10.5. The van der Waals surface area contributed by atoms with Crippen LogP contribution in [0, 0.1) is 11.8 Å². The molecule has 0 atom stereocenters. The van der Waals surface area contributed by atoms with E-state index in [9.17, 15) is 9.59 Å². The molecular weight excluding hydrogens is 376 g/mol. The normalized spacial score (nSPS) is 18.9. The zero-order valence-electron chi connectivity index (χ0n) is 17.5. The summed E-state index contributed by atoms with van der Waals surface area (Å²) in [5, 5.41) is 3.71. The first-order valence-electron chi connectivity index (χ1n) is 10.5. The third-order valence-electron chi connectivity index (χ3n) is 6.06. The van der Waals surface area contributed by atoms with Gasteiger partial charge in [-0.15, -0.1) is 0 Å². The Bertz CT molecular complexity index is 1080. The minimum absolute atomic E-state index is 0.0154. The van der Waals surface area contributed by atoms with Gasteiger partial charge in [-0.25, -0.2) is 4.98 Å². The number of carbonyl (C=O) groups is 1. The molecule has 0 bridgehead atoms. The highest BCUT2D eigenvalue weighted by atomic mass is 16.2. The van der Waals surface area contributed by atoms with Crippen LogP contribution in [0.3, 0.4) is 0 Å². The number of hydrogen-bond donors (Lipinski definition) is 1. The zero-order chi connectivity index (χ0) is 21.1. The first-order chi connectivity index (χ1) is 14.5. The van der Waals surface area contributed by atoms with Crippen LogP contribution in [0.4, 0.5) is 11.4 Å². The maximum Gasteiger partial charge on any atom is 0.261 e. The van der Waals surface area contributed by atoms with E-state index in [0.29, 0.717) is 17.8 Å². The van der Waals surface area contributed by atoms with E-state index in [4.69, 9.17) is 0 Å². The number of fused-ring (bicyclic) bond motifs is 1. The standard InChI is InChI=1S/C24H28N4O2/c1-27(2)20-13-11-19(12-14-20)26-23(29)18-9-7-17(8-10-18)15-28-16-25-22-6-4-3-5-21(22)24(28)30/h3-6,11-14,16-18H,7-10,15H2,1-2H3,(H,26,29). The van der Waals surface area contributed by atoms with Crippen LogP contribution in [0.15, 0.2) is 59.7 Å². The largest absolute Gasteiger partial charge is 0.378 e. The number of rotatable bonds is 5. The Morgan fingerprint density at radius 2 is 1.77 bits per heavy atom. The molecule has 1 heterocycles. The second-order valence-electron chi connectivity index (χ2n) is 8.37. The van der Waals surface area contributed by atoms with Gasteiger partial charge in [0.1, 0.15) is 0 Å². The van der Waals surface area contributed by atoms with Crippen LogP contribution in [0.5, 0.6) is 0 Å². The number of benzene rings is 2. The lowest BCUT2D eigenvalue weighted by atomic mass is 9.81. The molecular formula is C24H28N4O2. The Labute approximate surface area is 176 Å². The van der Waals surface area contributed by atoms with E-state index in [-0.39, 0.29) is 17.4 Å². The molecule has 6 nitrogen and oxygen atoms in total. The van der Waals surface area contributed by atoms with Crippen molar-refractivity contribution in [2.75, 3.05) is 24.3 Å². The van der Waals surface area contributed by atoms with Crippen molar-refractivity contribution in [3.8, 4) is 0 Å². The summed E-state index contributed by atoms with van der Waals surface area (Å²) in [6.45, 7) is 0.664. The number of carbonyl (C=O) groups excluding carboxylic acids is 1. The summed E-state index contributed by atoms with van der Waals surface area (Å²) in [4.78, 5) is 31.8. The number of amides is 1. The van der Waals surface area contributed by atoms with Crippen molar-refractivity contribution < 1.29 is 4.79 Å². The quantitative estimate of drug-likeness (QED) is 0.700. The Balaban J connectivity index is 1.33. The minimum atomic E-state index is 0.0154. The lowest BCUT2D eigenvalue weighted by Crippen LogP contribution is -2.30. The smallest absolute Gasteiger partial charge is 0.261 e. The molecule has 1 aliphatic carbocycles. The molecule has 4 rings (SSSR count). The van der Waals surface area contributed by atoms with E-state index in [1.54, 1.807) is 10.9 Å². The number of nitrogens with zero attached hydrogens (tertiary/aromatic N) is 3. The van der Waals surface area contributed by atoms with E-state index in [0.717, 1.165) is 42.6 Å². The van der Waals surface area contributed by atoms with Gasteiger partial charge in [0.05, 0.1) is 17.2 Å². The van der Waals surface area contributed by atoms with Crippen LogP contribution in [0.25, 0.3) is 10.9 Å². The molecule has 6 heteroatoms. The van der Waals surface area contributed by atoms with Gasteiger partial charge in [-0.05, 0) is 68.0 Å². The average Bonchev–Trinajstić information content (AvgIpc) is 2.77. The van der Waals surface area contributed by atoms with Gasteiger partial charge in [-0.3, -0.25) is 14.2 Å². The highest BCUT2D eigenvalue weighted by Gasteiger charge is 2.27. The van der Waals surface area contributed by atoms with E-state index >= 15 is 0 Å². The molecule has 1 aliphatic rings. The lowest BCUT2D eigenvalue weighted by Gasteiger charge is -2.28. The molecule has 3 aromatic rings. The lowest BCUT2D eigenvalue weighted by molar-refractivity contribution is -0.121. The Morgan fingerprint density at radius 3 is 2.47 bits per heavy atom. The summed E-state index contributed by atoms with van der Waals surface area (Å²) >= 11 is 0. The Hall–Kier alpha value is -3.15. The second-order valence-corrected chi connectivity index (χ2v) is 8.37. The van der Waals surface area contributed by atoms with Gasteiger partial charge in [0.15, 0.2) is 0 Å². The van der Waals surface area contributed by atoms with Crippen LogP contribution in [0.2, 0.25) is 0 Å². The molecule has 0 saturated heterocycles. The van der Waals surface area contributed by atoms with Crippen molar-refractivity contribution in [1.29, 1.82) is 0 Å². The van der Waals surface area contributed by atoms with Crippen molar-refractivity contribution in [2.24, 2.45) is 11.8 Å². The molecule has 0 aliphatic heterocycles. The van der Waals surface area contributed by atoms with Crippen LogP contribution in [-0.2, 0) is 11.3 Å². The Morgan fingerprint density at radius 1 is 1.07 bits per heavy atom. The van der Waals surface area contributed by atoms with E-state index in [1.165, 1.54) is 0 Å². The number of aromatic nitrogens is 2. The molecule has 0 spiro atoms. The van der Waals surface area contributed by atoms with Crippen molar-refractivity contribution in [2.45, 2.75) is 32.2 Å². The minimum Gasteiger partial charge on any atom is -0.378 e. The molecule has 1 N–H and O–H groups in total. The number of nitrogens with one attached hydrogen (secondary N) is 1. The molecule has 1 saturated carbocycles. The number of anilines is 2. The Kier molecular flexibility index (Phi) is 5.84. The molecule has 1 aromatic heterocycles. The van der Waals surface area contributed by atoms with Gasteiger partial charge in [0.2, 0.25) is 5.91 Å². The summed E-state index contributed by atoms with van der Waals surface area (Å²) < 4.78 is 1.72. The molecule has 1 fully saturated rings. The monoisotopic (exact) mass is 404 g/mol. The fourth-order valence-electron chi connectivity index (χ4n) is 4.21. The number of para-hydroxylation sites is 1. The average molecular weight is 405 g/mol. The molecule has 156 valence electrons. The summed E-state index contributed by atoms with van der Waals surface area (Å²) in [5.74, 6) is 0.519. The van der Waals surface area contributed by atoms with Crippen LogP contribution < -0.4 is 15.8 Å². The van der Waals surface area contributed by atoms with Crippen LogP contribution >= 0.6 is 0 Å². The van der Waals surface area contributed by atoms with Gasteiger partial charge in [0.25, 0.3) is 5.56 Å². The van der Waals surface area contributed by atoms with E-state index in [2.05, 4.69) is 10.3 Å². The maximum atomic E-state index is 12.7. The van der Waals surface area contributed by atoms with Crippen molar-refractivity contribution in [3.05, 3.63) is 65.2 Å². The van der Waals surface area contributed by atoms with Gasteiger partial charge in [-0.2, -0.15) is 0 Å².